The first-order valence-corrected chi connectivity index (χ1v) is 13.7. The van der Waals surface area contributed by atoms with Crippen LogP contribution in [0.25, 0.3) is 28.5 Å². The molecule has 10 nitrogen and oxygen atoms in total. The van der Waals surface area contributed by atoms with Crippen LogP contribution in [0.1, 0.15) is 49.3 Å². The van der Waals surface area contributed by atoms with Crippen LogP contribution in [-0.2, 0) is 19.9 Å². The molecule has 0 fully saturated rings. The van der Waals surface area contributed by atoms with Crippen LogP contribution in [0.15, 0.2) is 75.0 Å². The minimum absolute atomic E-state index is 0.172. The van der Waals surface area contributed by atoms with Gasteiger partial charge >= 0.3 is 5.76 Å². The van der Waals surface area contributed by atoms with Crippen LogP contribution in [0.2, 0.25) is 0 Å². The molecule has 0 aliphatic carbocycles. The molecular formula is C31H32N6O4. The highest BCUT2D eigenvalue weighted by Gasteiger charge is 2.19. The van der Waals surface area contributed by atoms with Crippen molar-refractivity contribution in [2.45, 2.75) is 46.5 Å². The Hall–Kier alpha value is -4.86. The highest BCUT2D eigenvalue weighted by molar-refractivity contribution is 5.80. The summed E-state index contributed by atoms with van der Waals surface area (Å²) in [5.41, 5.74) is 4.89. The Morgan fingerprint density at radius 1 is 0.951 bits per heavy atom. The molecule has 41 heavy (non-hydrogen) atoms. The molecule has 0 saturated heterocycles. The SMILES string of the molecule is CCCCc1nc(C)n(-c2ncc(OCC)cn2)c(=O)c1Cc1ccc(-c2ccccc2-c2noc(=O)n2C)cc1. The number of aromatic nitrogens is 6. The summed E-state index contributed by atoms with van der Waals surface area (Å²) in [7, 11) is 1.63. The molecule has 3 aromatic heterocycles. The van der Waals surface area contributed by atoms with Gasteiger partial charge in [0, 0.05) is 24.6 Å². The first kappa shape index (κ1) is 27.7. The molecule has 0 atom stereocenters. The predicted octanol–water partition coefficient (Wildman–Crippen LogP) is 4.68. The predicted molar refractivity (Wildman–Crippen MR) is 155 cm³/mol. The van der Waals surface area contributed by atoms with E-state index in [1.807, 2.05) is 55.5 Å². The number of unbranched alkanes of at least 4 members (excludes halogenated alkanes) is 1. The topological polar surface area (TPSA) is 118 Å². The largest absolute Gasteiger partial charge is 0.491 e. The second-order valence-corrected chi connectivity index (χ2v) is 9.73. The van der Waals surface area contributed by atoms with E-state index in [4.69, 9.17) is 14.2 Å². The summed E-state index contributed by atoms with van der Waals surface area (Å²) in [6.45, 7) is 6.31. The summed E-state index contributed by atoms with van der Waals surface area (Å²) in [4.78, 5) is 39.3. The van der Waals surface area contributed by atoms with E-state index >= 15 is 0 Å². The van der Waals surface area contributed by atoms with Crippen molar-refractivity contribution in [3.8, 4) is 34.2 Å². The Kier molecular flexibility index (Phi) is 8.19. The highest BCUT2D eigenvalue weighted by atomic mass is 16.5. The van der Waals surface area contributed by atoms with Crippen molar-refractivity contribution < 1.29 is 9.26 Å². The molecule has 10 heteroatoms. The molecule has 0 spiro atoms. The monoisotopic (exact) mass is 552 g/mol. The van der Waals surface area contributed by atoms with Crippen molar-refractivity contribution in [2.75, 3.05) is 6.61 Å². The van der Waals surface area contributed by atoms with Gasteiger partial charge in [0.1, 0.15) is 5.82 Å². The van der Waals surface area contributed by atoms with E-state index in [2.05, 4.69) is 22.0 Å². The molecule has 3 heterocycles. The molecule has 0 radical (unpaired) electrons. The average molecular weight is 553 g/mol. The zero-order chi connectivity index (χ0) is 28.9. The molecule has 0 unspecified atom stereocenters. The molecule has 0 aliphatic heterocycles. The molecule has 210 valence electrons. The van der Waals surface area contributed by atoms with Crippen molar-refractivity contribution in [1.29, 1.82) is 0 Å². The molecule has 5 rings (SSSR count). The van der Waals surface area contributed by atoms with Crippen LogP contribution < -0.4 is 16.1 Å². The standard InChI is InChI=1S/C31H32N6O4/c1-5-7-12-27-26(29(38)37(20(3)34-27)30-32-18-23(19-33-30)40-6-2)17-21-13-15-22(16-14-21)24-10-8-9-11-25(24)28-35-41-31(39)36(28)4/h8-11,13-16,18-19H,5-7,12,17H2,1-4H3. The normalized spacial score (nSPS) is 11.1. The lowest BCUT2D eigenvalue weighted by Gasteiger charge is -2.15. The van der Waals surface area contributed by atoms with E-state index in [9.17, 15) is 9.59 Å². The molecule has 5 aromatic rings. The van der Waals surface area contributed by atoms with Gasteiger partial charge in [-0.1, -0.05) is 67.0 Å². The maximum absolute atomic E-state index is 13.9. The molecule has 0 amide bonds. The van der Waals surface area contributed by atoms with Crippen molar-refractivity contribution in [3.63, 3.8) is 0 Å². The van der Waals surface area contributed by atoms with Crippen LogP contribution >= 0.6 is 0 Å². The second-order valence-electron chi connectivity index (χ2n) is 9.73. The fraction of sp³-hybridized carbons (Fsp3) is 0.290. The minimum Gasteiger partial charge on any atom is -0.491 e. The number of ether oxygens (including phenoxy) is 1. The Morgan fingerprint density at radius 3 is 2.29 bits per heavy atom. The maximum atomic E-state index is 13.9. The summed E-state index contributed by atoms with van der Waals surface area (Å²) in [5, 5.41) is 3.96. The van der Waals surface area contributed by atoms with Gasteiger partial charge in [0.2, 0.25) is 5.95 Å². The Bertz CT molecular complexity index is 1770. The van der Waals surface area contributed by atoms with Gasteiger partial charge in [0.05, 0.1) is 24.7 Å². The van der Waals surface area contributed by atoms with Crippen molar-refractivity contribution >= 4 is 0 Å². The molecule has 0 aliphatic rings. The van der Waals surface area contributed by atoms with E-state index < -0.39 is 5.76 Å². The van der Waals surface area contributed by atoms with Crippen LogP contribution in [0.4, 0.5) is 0 Å². The van der Waals surface area contributed by atoms with Gasteiger partial charge in [0.15, 0.2) is 11.6 Å². The van der Waals surface area contributed by atoms with Crippen LogP contribution in [-0.4, -0.2) is 35.8 Å². The molecule has 0 saturated carbocycles. The van der Waals surface area contributed by atoms with E-state index in [-0.39, 0.29) is 11.5 Å². The molecule has 0 N–H and O–H groups in total. The summed E-state index contributed by atoms with van der Waals surface area (Å²) >= 11 is 0. The minimum atomic E-state index is -0.517. The quantitative estimate of drug-likeness (QED) is 0.245. The van der Waals surface area contributed by atoms with Crippen LogP contribution in [0.5, 0.6) is 5.75 Å². The molecular weight excluding hydrogens is 520 g/mol. The van der Waals surface area contributed by atoms with E-state index in [0.717, 1.165) is 47.2 Å². The lowest BCUT2D eigenvalue weighted by Crippen LogP contribution is -2.29. The van der Waals surface area contributed by atoms with Crippen molar-refractivity contribution in [1.82, 2.24) is 29.2 Å². The Balaban J connectivity index is 1.50. The Labute approximate surface area is 237 Å². The smallest absolute Gasteiger partial charge is 0.441 e. The highest BCUT2D eigenvalue weighted by Crippen LogP contribution is 2.31. The number of hydrogen-bond acceptors (Lipinski definition) is 8. The van der Waals surface area contributed by atoms with E-state index in [1.165, 1.54) is 9.13 Å². The number of rotatable bonds is 10. The number of hydrogen-bond donors (Lipinski definition) is 0. The first-order valence-electron chi connectivity index (χ1n) is 13.7. The average Bonchev–Trinajstić information content (AvgIpc) is 3.32. The van der Waals surface area contributed by atoms with Gasteiger partial charge in [-0.2, -0.15) is 0 Å². The van der Waals surface area contributed by atoms with E-state index in [0.29, 0.717) is 36.0 Å². The zero-order valence-corrected chi connectivity index (χ0v) is 23.6. The van der Waals surface area contributed by atoms with Gasteiger partial charge in [-0.25, -0.2) is 24.3 Å². The number of nitrogens with zero attached hydrogens (tertiary/aromatic N) is 6. The van der Waals surface area contributed by atoms with Crippen molar-refractivity contribution in [3.05, 3.63) is 104 Å². The molecule has 2 aromatic carbocycles. The molecule has 0 bridgehead atoms. The lowest BCUT2D eigenvalue weighted by molar-refractivity contribution is 0.337. The Morgan fingerprint density at radius 2 is 1.66 bits per heavy atom. The third-order valence-corrected chi connectivity index (χ3v) is 6.94. The number of aryl methyl sites for hydroxylation is 2. The third kappa shape index (κ3) is 5.72. The summed E-state index contributed by atoms with van der Waals surface area (Å²) in [6, 6.07) is 15.8. The first-order chi connectivity index (χ1) is 19.9. The second kappa shape index (κ2) is 12.1. The van der Waals surface area contributed by atoms with Crippen molar-refractivity contribution in [2.24, 2.45) is 7.05 Å². The van der Waals surface area contributed by atoms with Gasteiger partial charge in [-0.3, -0.25) is 13.9 Å². The van der Waals surface area contributed by atoms with Gasteiger partial charge in [-0.15, -0.1) is 0 Å². The van der Waals surface area contributed by atoms with Gasteiger partial charge in [-0.05, 0) is 43.4 Å². The maximum Gasteiger partial charge on any atom is 0.441 e. The summed E-state index contributed by atoms with van der Waals surface area (Å²) < 4.78 is 13.1. The zero-order valence-electron chi connectivity index (χ0n) is 23.6. The summed E-state index contributed by atoms with van der Waals surface area (Å²) in [5.74, 6) is 1.29. The fourth-order valence-electron chi connectivity index (χ4n) is 4.81. The number of benzene rings is 2. The lowest BCUT2D eigenvalue weighted by atomic mass is 9.96. The van der Waals surface area contributed by atoms with Gasteiger partial charge < -0.3 is 4.74 Å². The van der Waals surface area contributed by atoms with Gasteiger partial charge in [0.25, 0.3) is 5.56 Å². The fourth-order valence-corrected chi connectivity index (χ4v) is 4.81. The third-order valence-electron chi connectivity index (χ3n) is 6.94. The van der Waals surface area contributed by atoms with Crippen LogP contribution in [0.3, 0.4) is 0 Å². The van der Waals surface area contributed by atoms with Crippen LogP contribution in [0, 0.1) is 6.92 Å². The van der Waals surface area contributed by atoms with E-state index in [1.54, 1.807) is 26.4 Å². The summed E-state index contributed by atoms with van der Waals surface area (Å²) in [6.07, 6.45) is 6.20.